The van der Waals surface area contributed by atoms with E-state index >= 15 is 0 Å². The molecule has 4 rings (SSSR count). The fourth-order valence-corrected chi connectivity index (χ4v) is 4.39. The van der Waals surface area contributed by atoms with Crippen LogP contribution in [-0.4, -0.2) is 49.5 Å². The highest BCUT2D eigenvalue weighted by Gasteiger charge is 2.25. The number of guanidine groups is 1. The van der Waals surface area contributed by atoms with Crippen LogP contribution in [-0.2, 0) is 17.8 Å². The number of rotatable bonds is 5. The molecule has 2 unspecified atom stereocenters. The zero-order valence-corrected chi connectivity index (χ0v) is 17.8. The van der Waals surface area contributed by atoms with Crippen molar-refractivity contribution in [1.82, 2.24) is 15.5 Å². The molecule has 0 radical (unpaired) electrons. The highest BCUT2D eigenvalue weighted by Crippen LogP contribution is 2.31. The van der Waals surface area contributed by atoms with Crippen LogP contribution in [0.4, 0.5) is 5.69 Å². The average Bonchev–Trinajstić information content (AvgIpc) is 2.78. The van der Waals surface area contributed by atoms with Gasteiger partial charge in [-0.25, -0.2) is 0 Å². The molecule has 0 saturated heterocycles. The minimum Gasteiger partial charge on any atom is -0.356 e. The van der Waals surface area contributed by atoms with Crippen molar-refractivity contribution < 1.29 is 4.79 Å². The SMILES string of the molecule is CN=C(NCC1CC(=O)Nc2ccccc21)NCC(C)N1CCc2ccccc2C1. The fraction of sp³-hybridized carbons (Fsp3) is 0.417. The molecule has 0 aliphatic carbocycles. The predicted molar refractivity (Wildman–Crippen MR) is 122 cm³/mol. The highest BCUT2D eigenvalue weighted by molar-refractivity contribution is 5.94. The Morgan fingerprint density at radius 1 is 1.17 bits per heavy atom. The van der Waals surface area contributed by atoms with Crippen molar-refractivity contribution in [2.45, 2.75) is 38.3 Å². The third-order valence-corrected chi connectivity index (χ3v) is 6.19. The fourth-order valence-electron chi connectivity index (χ4n) is 4.39. The molecule has 6 heteroatoms. The van der Waals surface area contributed by atoms with Crippen LogP contribution >= 0.6 is 0 Å². The van der Waals surface area contributed by atoms with Crippen molar-refractivity contribution in [3.63, 3.8) is 0 Å². The van der Waals surface area contributed by atoms with E-state index in [1.807, 2.05) is 18.2 Å². The molecule has 0 spiro atoms. The van der Waals surface area contributed by atoms with Gasteiger partial charge in [0.05, 0.1) is 0 Å². The minimum absolute atomic E-state index is 0.0717. The summed E-state index contributed by atoms with van der Waals surface area (Å²) in [6.07, 6.45) is 1.60. The van der Waals surface area contributed by atoms with Crippen molar-refractivity contribution in [1.29, 1.82) is 0 Å². The van der Waals surface area contributed by atoms with Crippen LogP contribution in [0.2, 0.25) is 0 Å². The van der Waals surface area contributed by atoms with Gasteiger partial charge in [-0.1, -0.05) is 42.5 Å². The summed E-state index contributed by atoms with van der Waals surface area (Å²) in [5.74, 6) is 0.995. The summed E-state index contributed by atoms with van der Waals surface area (Å²) >= 11 is 0. The summed E-state index contributed by atoms with van der Waals surface area (Å²) in [5.41, 5.74) is 5.01. The monoisotopic (exact) mass is 405 g/mol. The lowest BCUT2D eigenvalue weighted by Crippen LogP contribution is -2.48. The first-order valence-electron chi connectivity index (χ1n) is 10.8. The largest absolute Gasteiger partial charge is 0.356 e. The second-order valence-corrected chi connectivity index (χ2v) is 8.21. The van der Waals surface area contributed by atoms with Crippen molar-refractivity contribution in [3.8, 4) is 0 Å². The smallest absolute Gasteiger partial charge is 0.225 e. The minimum atomic E-state index is 0.0717. The van der Waals surface area contributed by atoms with Gasteiger partial charge in [-0.2, -0.15) is 0 Å². The van der Waals surface area contributed by atoms with Gasteiger partial charge < -0.3 is 16.0 Å². The normalized spacial score (nSPS) is 20.0. The number of carbonyl (C=O) groups excluding carboxylic acids is 1. The average molecular weight is 406 g/mol. The molecule has 2 aromatic carbocycles. The van der Waals surface area contributed by atoms with E-state index < -0.39 is 0 Å². The van der Waals surface area contributed by atoms with Crippen LogP contribution in [0.1, 0.15) is 36.0 Å². The molecule has 0 fully saturated rings. The van der Waals surface area contributed by atoms with E-state index in [-0.39, 0.29) is 11.8 Å². The summed E-state index contributed by atoms with van der Waals surface area (Å²) in [6.45, 7) is 5.84. The maximum Gasteiger partial charge on any atom is 0.225 e. The molecule has 3 N–H and O–H groups in total. The lowest BCUT2D eigenvalue weighted by molar-refractivity contribution is -0.116. The Morgan fingerprint density at radius 2 is 1.93 bits per heavy atom. The molecule has 6 nitrogen and oxygen atoms in total. The zero-order chi connectivity index (χ0) is 20.9. The van der Waals surface area contributed by atoms with Gasteiger partial charge in [0.15, 0.2) is 5.96 Å². The van der Waals surface area contributed by atoms with Gasteiger partial charge in [-0.3, -0.25) is 14.7 Å². The summed E-state index contributed by atoms with van der Waals surface area (Å²) in [7, 11) is 1.79. The van der Waals surface area contributed by atoms with Crippen molar-refractivity contribution in [2.75, 3.05) is 32.0 Å². The molecule has 30 heavy (non-hydrogen) atoms. The highest BCUT2D eigenvalue weighted by atomic mass is 16.1. The quantitative estimate of drug-likeness (QED) is 0.529. The number of amides is 1. The second-order valence-electron chi connectivity index (χ2n) is 8.21. The topological polar surface area (TPSA) is 68.8 Å². The predicted octanol–water partition coefficient (Wildman–Crippen LogP) is 2.72. The van der Waals surface area contributed by atoms with E-state index in [1.165, 1.54) is 16.7 Å². The number of fused-ring (bicyclic) bond motifs is 2. The van der Waals surface area contributed by atoms with E-state index in [1.54, 1.807) is 7.05 Å². The number of carbonyl (C=O) groups is 1. The molecule has 2 aromatic rings. The van der Waals surface area contributed by atoms with Crippen LogP contribution in [0, 0.1) is 0 Å². The number of hydrogen-bond acceptors (Lipinski definition) is 3. The zero-order valence-electron chi connectivity index (χ0n) is 17.8. The molecule has 158 valence electrons. The standard InChI is InChI=1S/C24H31N5O/c1-17(29-12-11-18-7-3-4-8-19(18)16-29)14-26-24(25-2)27-15-20-13-23(30)28-22-10-6-5-9-21(20)22/h3-10,17,20H,11-16H2,1-2H3,(H,28,30)(H2,25,26,27). The van der Waals surface area contributed by atoms with E-state index in [0.717, 1.165) is 37.7 Å². The van der Waals surface area contributed by atoms with Gasteiger partial charge in [-0.15, -0.1) is 0 Å². The molecule has 2 aliphatic rings. The van der Waals surface area contributed by atoms with Gasteiger partial charge in [-0.05, 0) is 36.1 Å². The molecule has 0 saturated carbocycles. The lowest BCUT2D eigenvalue weighted by atomic mass is 9.90. The maximum atomic E-state index is 12.0. The molecular weight excluding hydrogens is 374 g/mol. The van der Waals surface area contributed by atoms with Crippen LogP contribution in [0.15, 0.2) is 53.5 Å². The summed E-state index contributed by atoms with van der Waals surface area (Å²) in [6, 6.07) is 17.2. The maximum absolute atomic E-state index is 12.0. The van der Waals surface area contributed by atoms with E-state index in [0.29, 0.717) is 19.0 Å². The third kappa shape index (κ3) is 4.65. The Balaban J connectivity index is 1.29. The first-order valence-corrected chi connectivity index (χ1v) is 10.8. The number of aliphatic imine (C=N–C) groups is 1. The van der Waals surface area contributed by atoms with Crippen molar-refractivity contribution in [2.24, 2.45) is 4.99 Å². The van der Waals surface area contributed by atoms with Crippen LogP contribution in [0.3, 0.4) is 0 Å². The van der Waals surface area contributed by atoms with Crippen molar-refractivity contribution in [3.05, 3.63) is 65.2 Å². The van der Waals surface area contributed by atoms with E-state index in [4.69, 9.17) is 0 Å². The Labute approximate surface area is 178 Å². The third-order valence-electron chi connectivity index (χ3n) is 6.19. The number of benzene rings is 2. The lowest BCUT2D eigenvalue weighted by Gasteiger charge is -2.34. The Bertz CT molecular complexity index is 925. The number of nitrogens with zero attached hydrogens (tertiary/aromatic N) is 2. The van der Waals surface area contributed by atoms with Gasteiger partial charge in [0.1, 0.15) is 0 Å². The molecule has 2 heterocycles. The molecule has 2 aliphatic heterocycles. The number of hydrogen-bond donors (Lipinski definition) is 3. The van der Waals surface area contributed by atoms with Gasteiger partial charge in [0.25, 0.3) is 0 Å². The number of para-hydroxylation sites is 1. The number of nitrogens with one attached hydrogen (secondary N) is 3. The Hall–Kier alpha value is -2.86. The summed E-state index contributed by atoms with van der Waals surface area (Å²) in [5, 5.41) is 9.83. The Kier molecular flexibility index (Phi) is 6.33. The summed E-state index contributed by atoms with van der Waals surface area (Å²) < 4.78 is 0. The number of anilines is 1. The van der Waals surface area contributed by atoms with Crippen LogP contribution in [0.25, 0.3) is 0 Å². The molecule has 0 bridgehead atoms. The van der Waals surface area contributed by atoms with Crippen molar-refractivity contribution >= 4 is 17.6 Å². The molecule has 2 atom stereocenters. The van der Waals surface area contributed by atoms with E-state index in [9.17, 15) is 4.79 Å². The first kappa shape index (κ1) is 20.4. The van der Waals surface area contributed by atoms with E-state index in [2.05, 4.69) is 63.1 Å². The summed E-state index contributed by atoms with van der Waals surface area (Å²) in [4.78, 5) is 18.9. The first-order chi connectivity index (χ1) is 14.6. The van der Waals surface area contributed by atoms with Gasteiger partial charge >= 0.3 is 0 Å². The van der Waals surface area contributed by atoms with Crippen LogP contribution in [0.5, 0.6) is 0 Å². The van der Waals surface area contributed by atoms with Crippen LogP contribution < -0.4 is 16.0 Å². The van der Waals surface area contributed by atoms with Gasteiger partial charge in [0, 0.05) is 57.3 Å². The van der Waals surface area contributed by atoms with Gasteiger partial charge in [0.2, 0.25) is 5.91 Å². The molecule has 1 amide bonds. The molecular formula is C24H31N5O. The Morgan fingerprint density at radius 3 is 2.77 bits per heavy atom. The second kappa shape index (κ2) is 9.30. The molecule has 0 aromatic heterocycles.